The minimum Gasteiger partial charge on any atom is -0.545 e. The second kappa shape index (κ2) is 7.91. The van der Waals surface area contributed by atoms with Crippen LogP contribution >= 0.6 is 0 Å². The lowest BCUT2D eigenvalue weighted by Crippen LogP contribution is -2.75. The van der Waals surface area contributed by atoms with E-state index in [0.29, 0.717) is 6.92 Å². The van der Waals surface area contributed by atoms with Gasteiger partial charge in [0.15, 0.2) is 0 Å². The van der Waals surface area contributed by atoms with Gasteiger partial charge in [-0.3, -0.25) is 0 Å². The Bertz CT molecular complexity index is 688. The highest BCUT2D eigenvalue weighted by molar-refractivity contribution is 5.85. The van der Waals surface area contributed by atoms with E-state index in [2.05, 4.69) is 0 Å². The molecule has 0 bridgehead atoms. The van der Waals surface area contributed by atoms with Crippen molar-refractivity contribution < 1.29 is 80.9 Å². The van der Waals surface area contributed by atoms with E-state index in [4.69, 9.17) is 5.11 Å². The van der Waals surface area contributed by atoms with Crippen LogP contribution in [0.5, 0.6) is 0 Å². The normalized spacial score (nSPS) is 17.0. The van der Waals surface area contributed by atoms with Crippen molar-refractivity contribution in [1.82, 2.24) is 0 Å². The fourth-order valence-corrected chi connectivity index (χ4v) is 1.97. The van der Waals surface area contributed by atoms with Crippen molar-refractivity contribution in [1.29, 1.82) is 0 Å². The van der Waals surface area contributed by atoms with Crippen LogP contribution in [0.3, 0.4) is 0 Å². The van der Waals surface area contributed by atoms with Crippen molar-refractivity contribution in [2.45, 2.75) is 61.2 Å². The van der Waals surface area contributed by atoms with E-state index in [-0.39, 0.29) is 0 Å². The van der Waals surface area contributed by atoms with Gasteiger partial charge in [-0.05, 0) is 25.0 Å². The topological polar surface area (TPSA) is 60.4 Å². The molecule has 0 aromatic heterocycles. The predicted molar refractivity (Wildman–Crippen MR) is 65.1 cm³/mol. The predicted octanol–water partition coefficient (Wildman–Crippen LogP) is 3.81. The average Bonchev–Trinajstić information content (AvgIpc) is 2.49. The third-order valence-corrected chi connectivity index (χ3v) is 3.55. The average molecular weight is 497 g/mol. The summed E-state index contributed by atoms with van der Waals surface area (Å²) in [5.74, 6) is -34.7. The molecule has 1 N–H and O–H groups in total. The summed E-state index contributed by atoms with van der Waals surface area (Å²) < 4.78 is 195. The Labute approximate surface area is 161 Å². The zero-order chi connectivity index (χ0) is 25.6. The molecule has 0 aliphatic carbocycles. The number of rotatable bonds is 8. The van der Waals surface area contributed by atoms with E-state index >= 15 is 0 Å². The molecule has 0 fully saturated rings. The summed E-state index contributed by atoms with van der Waals surface area (Å²) >= 11 is 0. The van der Waals surface area contributed by atoms with Gasteiger partial charge in [0.1, 0.15) is 0 Å². The molecule has 0 amide bonds. The van der Waals surface area contributed by atoms with Gasteiger partial charge in [-0.2, -0.15) is 61.5 Å². The van der Waals surface area contributed by atoms with E-state index in [0.717, 1.165) is 0 Å². The molecule has 0 radical (unpaired) electrons. The van der Waals surface area contributed by atoms with Gasteiger partial charge < -0.3 is 15.0 Å². The van der Waals surface area contributed by atoms with Gasteiger partial charge in [0, 0.05) is 0 Å². The molecule has 0 saturated carbocycles. The summed E-state index contributed by atoms with van der Waals surface area (Å²) in [4.78, 5) is 10.5. The number of aliphatic carboxylic acids is 1. The molecule has 0 saturated heterocycles. The van der Waals surface area contributed by atoms with E-state index < -0.39 is 71.9 Å². The van der Waals surface area contributed by atoms with E-state index in [9.17, 15) is 75.8 Å². The molecular weight excluding hydrogens is 489 g/mol. The van der Waals surface area contributed by atoms with Crippen LogP contribution in [0.4, 0.5) is 65.9 Å². The number of allylic oxidation sites excluding steroid dienone is 1. The van der Waals surface area contributed by atoms with Crippen LogP contribution in [0.2, 0.25) is 0 Å². The number of carbonyl (C=O) groups is 1. The summed E-state index contributed by atoms with van der Waals surface area (Å²) in [7, 11) is 0. The van der Waals surface area contributed by atoms with Crippen molar-refractivity contribution in [3.8, 4) is 0 Å². The largest absolute Gasteiger partial charge is 0.545 e. The summed E-state index contributed by atoms with van der Waals surface area (Å²) in [5.41, 5.74) is -10.6. The van der Waals surface area contributed by atoms with Crippen molar-refractivity contribution in [3.05, 3.63) is 11.6 Å². The first-order valence-corrected chi connectivity index (χ1v) is 7.17. The quantitative estimate of drug-likeness (QED) is 0.410. The van der Waals surface area contributed by atoms with Gasteiger partial charge >= 0.3 is 41.7 Å². The number of hydrogen-bond donors (Lipinski definition) is 1. The SMILES string of the molecule is CC(O)C/C(=C\C(F)(F)C(F)(F)C(F)(F)C(F)(F)C(F)(C(F)(F)F)C(F)(F)F)C(=O)[O-]. The molecule has 0 aromatic rings. The molecule has 0 aliphatic rings. The van der Waals surface area contributed by atoms with Crippen LogP contribution in [0, 0.1) is 0 Å². The molecule has 1 atom stereocenters. The number of aliphatic hydroxyl groups is 1. The molecule has 31 heavy (non-hydrogen) atoms. The lowest BCUT2D eigenvalue weighted by Gasteiger charge is -2.42. The molecule has 3 nitrogen and oxygen atoms in total. The Balaban J connectivity index is 6.91. The molecule has 0 heterocycles. The third-order valence-electron chi connectivity index (χ3n) is 3.55. The minimum absolute atomic E-state index is 0.611. The molecule has 0 aliphatic heterocycles. The van der Waals surface area contributed by atoms with Gasteiger partial charge in [0.2, 0.25) is 0 Å². The highest BCUT2D eigenvalue weighted by Gasteiger charge is 2.95. The zero-order valence-corrected chi connectivity index (χ0v) is 14.3. The first kappa shape index (κ1) is 29.1. The van der Waals surface area contributed by atoms with E-state index in [1.54, 1.807) is 0 Å². The third kappa shape index (κ3) is 4.52. The van der Waals surface area contributed by atoms with Gasteiger partial charge in [0.25, 0.3) is 0 Å². The van der Waals surface area contributed by atoms with Crippen LogP contribution in [0.1, 0.15) is 13.3 Å². The molecule has 1 unspecified atom stereocenters. The summed E-state index contributed by atoms with van der Waals surface area (Å²) in [6.45, 7) is 0.611. The minimum atomic E-state index is -8.59. The Morgan fingerprint density at radius 3 is 1.39 bits per heavy atom. The molecule has 0 spiro atoms. The lowest BCUT2D eigenvalue weighted by atomic mass is 9.85. The van der Waals surface area contributed by atoms with Gasteiger partial charge in [-0.25, -0.2) is 4.39 Å². The highest BCUT2D eigenvalue weighted by atomic mass is 19.4. The number of carbonyl (C=O) groups excluding carboxylic acids is 1. The van der Waals surface area contributed by atoms with Crippen LogP contribution in [-0.2, 0) is 4.79 Å². The van der Waals surface area contributed by atoms with Crippen molar-refractivity contribution in [3.63, 3.8) is 0 Å². The number of hydrogen-bond acceptors (Lipinski definition) is 3. The first-order chi connectivity index (χ1) is 13.2. The van der Waals surface area contributed by atoms with E-state index in [1.807, 2.05) is 0 Å². The maximum absolute atomic E-state index is 13.6. The van der Waals surface area contributed by atoms with Gasteiger partial charge in [0.05, 0.1) is 12.1 Å². The second-order valence-electron chi connectivity index (χ2n) is 6.01. The standard InChI is InChI=1S/C13H9F15O3/c1-4(29)2-5(6(30)31)3-7(14,15)9(17,18)11(21,22)10(19,20)8(16,12(23,24)25)13(26,27)28/h3-4,29H,2H2,1H3,(H,30,31)/p-1/b5-3+. The molecule has 18 heteroatoms. The maximum atomic E-state index is 13.6. The number of aliphatic hydroxyl groups excluding tert-OH is 1. The van der Waals surface area contributed by atoms with Gasteiger partial charge in [-0.1, -0.05) is 0 Å². The number of alkyl halides is 15. The maximum Gasteiger partial charge on any atom is 0.438 e. The fraction of sp³-hybridized carbons (Fsp3) is 0.769. The molecule has 0 rings (SSSR count). The molecular formula is C13H8F15O3-. The van der Waals surface area contributed by atoms with Crippen molar-refractivity contribution >= 4 is 5.97 Å². The van der Waals surface area contributed by atoms with Crippen molar-refractivity contribution in [2.75, 3.05) is 0 Å². The Hall–Kier alpha value is -1.88. The highest BCUT2D eigenvalue weighted by Crippen LogP contribution is 2.63. The Kier molecular flexibility index (Phi) is 7.43. The van der Waals surface area contributed by atoms with Crippen molar-refractivity contribution in [2.24, 2.45) is 0 Å². The first-order valence-electron chi connectivity index (χ1n) is 7.17. The Morgan fingerprint density at radius 2 is 1.13 bits per heavy atom. The fourth-order valence-electron chi connectivity index (χ4n) is 1.97. The smallest absolute Gasteiger partial charge is 0.438 e. The summed E-state index contributed by atoms with van der Waals surface area (Å²) in [5, 5.41) is 19.4. The molecule has 184 valence electrons. The van der Waals surface area contributed by atoms with Crippen LogP contribution < -0.4 is 5.11 Å². The van der Waals surface area contributed by atoms with Gasteiger partial charge in [-0.15, -0.1) is 0 Å². The van der Waals surface area contributed by atoms with E-state index in [1.165, 1.54) is 0 Å². The Morgan fingerprint density at radius 1 is 0.774 bits per heavy atom. The number of carboxylic acids is 1. The van der Waals surface area contributed by atoms with Crippen LogP contribution in [0.15, 0.2) is 11.6 Å². The van der Waals surface area contributed by atoms with Crippen LogP contribution in [0.25, 0.3) is 0 Å². The van der Waals surface area contributed by atoms with Crippen LogP contribution in [-0.4, -0.2) is 58.9 Å². The molecule has 0 aromatic carbocycles. The summed E-state index contributed by atoms with van der Waals surface area (Å²) in [6.07, 6.45) is -21.4. The number of carboxylic acid groups (broad SMARTS) is 1. The lowest BCUT2D eigenvalue weighted by molar-refractivity contribution is -0.454. The monoisotopic (exact) mass is 497 g/mol. The summed E-state index contributed by atoms with van der Waals surface area (Å²) in [6, 6.07) is 0. The second-order valence-corrected chi connectivity index (χ2v) is 6.01. The zero-order valence-electron chi connectivity index (χ0n) is 14.3. The number of halogens is 15.